The Bertz CT molecular complexity index is 733. The van der Waals surface area contributed by atoms with E-state index in [2.05, 4.69) is 17.2 Å². The van der Waals surface area contributed by atoms with Crippen LogP contribution in [0.15, 0.2) is 42.5 Å². The predicted molar refractivity (Wildman–Crippen MR) is 74.7 cm³/mol. The van der Waals surface area contributed by atoms with Gasteiger partial charge >= 0.3 is 0 Å². The van der Waals surface area contributed by atoms with Gasteiger partial charge in [0.15, 0.2) is 0 Å². The van der Waals surface area contributed by atoms with E-state index < -0.39 is 17.5 Å². The second-order valence-electron chi connectivity index (χ2n) is 4.12. The Kier molecular flexibility index (Phi) is 4.64. The first kappa shape index (κ1) is 14.7. The number of amides is 1. The Morgan fingerprint density at radius 3 is 2.67 bits per heavy atom. The number of hydrogen-bond donors (Lipinski definition) is 2. The van der Waals surface area contributed by atoms with Gasteiger partial charge < -0.3 is 10.4 Å². The van der Waals surface area contributed by atoms with E-state index in [0.717, 1.165) is 12.1 Å². The molecule has 0 aliphatic carbocycles. The molecule has 2 aromatic rings. The molecular formula is C16H11F2NO2. The predicted octanol–water partition coefficient (Wildman–Crippen LogP) is 2.56. The van der Waals surface area contributed by atoms with E-state index in [1.54, 1.807) is 0 Å². The first-order valence-corrected chi connectivity index (χ1v) is 6.06. The lowest BCUT2D eigenvalue weighted by Gasteiger charge is -2.06. The largest absolute Gasteiger partial charge is 0.384 e. The maximum atomic E-state index is 13.7. The van der Waals surface area contributed by atoms with Gasteiger partial charge in [0.1, 0.15) is 18.2 Å². The van der Waals surface area contributed by atoms with E-state index in [4.69, 9.17) is 5.11 Å². The molecule has 3 nitrogen and oxygen atoms in total. The highest BCUT2D eigenvalue weighted by Crippen LogP contribution is 2.13. The topological polar surface area (TPSA) is 49.3 Å². The van der Waals surface area contributed by atoms with Gasteiger partial charge in [0.25, 0.3) is 5.91 Å². The summed E-state index contributed by atoms with van der Waals surface area (Å²) in [6, 6.07) is 9.18. The SMILES string of the molecule is O=C(Nc1cccc(F)c1)c1ccc(C#CCO)c(F)c1. The lowest BCUT2D eigenvalue weighted by Crippen LogP contribution is -2.12. The van der Waals surface area contributed by atoms with Crippen molar-refractivity contribution in [2.24, 2.45) is 0 Å². The molecule has 2 N–H and O–H groups in total. The van der Waals surface area contributed by atoms with Crippen molar-refractivity contribution in [2.75, 3.05) is 11.9 Å². The molecule has 2 rings (SSSR count). The minimum atomic E-state index is -0.664. The third-order valence-corrected chi connectivity index (χ3v) is 2.62. The number of carbonyl (C=O) groups is 1. The highest BCUT2D eigenvalue weighted by Gasteiger charge is 2.09. The van der Waals surface area contributed by atoms with E-state index in [1.165, 1.54) is 30.3 Å². The summed E-state index contributed by atoms with van der Waals surface area (Å²) in [5.74, 6) is 3.06. The van der Waals surface area contributed by atoms with Gasteiger partial charge in [0.05, 0.1) is 5.56 Å². The monoisotopic (exact) mass is 287 g/mol. The molecule has 0 atom stereocenters. The molecule has 0 aromatic heterocycles. The second-order valence-corrected chi connectivity index (χ2v) is 4.12. The van der Waals surface area contributed by atoms with Gasteiger partial charge in [0.2, 0.25) is 0 Å². The van der Waals surface area contributed by atoms with Crippen molar-refractivity contribution in [3.8, 4) is 11.8 Å². The first-order valence-electron chi connectivity index (χ1n) is 6.06. The number of aliphatic hydroxyl groups excluding tert-OH is 1. The Morgan fingerprint density at radius 2 is 2.00 bits per heavy atom. The molecule has 0 bridgehead atoms. The van der Waals surface area contributed by atoms with Gasteiger partial charge in [-0.1, -0.05) is 17.9 Å². The molecule has 106 valence electrons. The highest BCUT2D eigenvalue weighted by molar-refractivity contribution is 6.04. The fourth-order valence-corrected chi connectivity index (χ4v) is 1.66. The maximum absolute atomic E-state index is 13.7. The van der Waals surface area contributed by atoms with Crippen LogP contribution in [0.1, 0.15) is 15.9 Å². The quantitative estimate of drug-likeness (QED) is 0.834. The van der Waals surface area contributed by atoms with Crippen LogP contribution in [-0.2, 0) is 0 Å². The zero-order chi connectivity index (χ0) is 15.2. The zero-order valence-electron chi connectivity index (χ0n) is 10.9. The summed E-state index contributed by atoms with van der Waals surface area (Å²) < 4.78 is 26.7. The molecule has 0 spiro atoms. The third kappa shape index (κ3) is 3.88. The third-order valence-electron chi connectivity index (χ3n) is 2.62. The lowest BCUT2D eigenvalue weighted by atomic mass is 10.1. The number of hydrogen-bond acceptors (Lipinski definition) is 2. The lowest BCUT2D eigenvalue weighted by molar-refractivity contribution is 0.102. The molecule has 0 aliphatic heterocycles. The van der Waals surface area contributed by atoms with Gasteiger partial charge in [-0.25, -0.2) is 8.78 Å². The summed E-state index contributed by atoms with van der Waals surface area (Å²) in [5.41, 5.74) is 0.460. The van der Waals surface area contributed by atoms with E-state index in [9.17, 15) is 13.6 Å². The highest BCUT2D eigenvalue weighted by atomic mass is 19.1. The van der Waals surface area contributed by atoms with E-state index in [0.29, 0.717) is 0 Å². The smallest absolute Gasteiger partial charge is 0.255 e. The molecule has 2 aromatic carbocycles. The van der Waals surface area contributed by atoms with Crippen LogP contribution in [0.2, 0.25) is 0 Å². The van der Waals surface area contributed by atoms with Gasteiger partial charge in [-0.3, -0.25) is 4.79 Å². The molecular weight excluding hydrogens is 276 g/mol. The summed E-state index contributed by atoms with van der Waals surface area (Å²) in [5, 5.41) is 11.0. The molecule has 0 radical (unpaired) electrons. The van der Waals surface area contributed by atoms with Crippen LogP contribution in [0.25, 0.3) is 0 Å². The van der Waals surface area contributed by atoms with Gasteiger partial charge in [0, 0.05) is 11.3 Å². The molecule has 0 fully saturated rings. The number of anilines is 1. The fourth-order valence-electron chi connectivity index (χ4n) is 1.66. The van der Waals surface area contributed by atoms with Crippen molar-refractivity contribution in [3.05, 3.63) is 65.2 Å². The molecule has 5 heteroatoms. The average molecular weight is 287 g/mol. The van der Waals surface area contributed by atoms with Crippen LogP contribution in [0.4, 0.5) is 14.5 Å². The standard InChI is InChI=1S/C16H11F2NO2/c17-13-4-1-5-14(10-13)19-16(21)12-7-6-11(3-2-8-20)15(18)9-12/h1,4-7,9-10,20H,8H2,(H,19,21). The summed E-state index contributed by atoms with van der Waals surface area (Å²) in [7, 11) is 0. The fraction of sp³-hybridized carbons (Fsp3) is 0.0625. The van der Waals surface area contributed by atoms with E-state index in [1.807, 2.05) is 0 Å². The van der Waals surface area contributed by atoms with Crippen molar-refractivity contribution in [3.63, 3.8) is 0 Å². The second kappa shape index (κ2) is 6.64. The van der Waals surface area contributed by atoms with Crippen LogP contribution >= 0.6 is 0 Å². The first-order chi connectivity index (χ1) is 10.1. The van der Waals surface area contributed by atoms with Gasteiger partial charge in [-0.05, 0) is 36.4 Å². The molecule has 0 unspecified atom stereocenters. The molecule has 0 aliphatic rings. The van der Waals surface area contributed by atoms with Crippen LogP contribution in [-0.4, -0.2) is 17.6 Å². The van der Waals surface area contributed by atoms with Crippen LogP contribution in [0.3, 0.4) is 0 Å². The number of carbonyl (C=O) groups excluding carboxylic acids is 1. The van der Waals surface area contributed by atoms with Gasteiger partial charge in [-0.15, -0.1) is 0 Å². The van der Waals surface area contributed by atoms with E-state index >= 15 is 0 Å². The minimum Gasteiger partial charge on any atom is -0.384 e. The summed E-state index contributed by atoms with van der Waals surface area (Å²) in [4.78, 5) is 11.9. The number of halogens is 2. The molecule has 0 saturated heterocycles. The summed E-state index contributed by atoms with van der Waals surface area (Å²) in [6.45, 7) is -0.374. The van der Waals surface area contributed by atoms with Crippen LogP contribution < -0.4 is 5.32 Å². The zero-order valence-corrected chi connectivity index (χ0v) is 10.9. The van der Waals surface area contributed by atoms with Crippen LogP contribution in [0.5, 0.6) is 0 Å². The number of nitrogens with one attached hydrogen (secondary N) is 1. The Hall–Kier alpha value is -2.71. The molecule has 0 heterocycles. The maximum Gasteiger partial charge on any atom is 0.255 e. The van der Waals surface area contributed by atoms with Crippen molar-refractivity contribution in [2.45, 2.75) is 0 Å². The number of rotatable bonds is 2. The average Bonchev–Trinajstić information content (AvgIpc) is 2.46. The Labute approximate surface area is 120 Å². The number of benzene rings is 2. The normalized spacial score (nSPS) is 9.67. The Balaban J connectivity index is 2.18. The summed E-state index contributed by atoms with van der Waals surface area (Å²) in [6.07, 6.45) is 0. The summed E-state index contributed by atoms with van der Waals surface area (Å²) >= 11 is 0. The van der Waals surface area contributed by atoms with Crippen molar-refractivity contribution >= 4 is 11.6 Å². The Morgan fingerprint density at radius 1 is 1.19 bits per heavy atom. The van der Waals surface area contributed by atoms with Crippen molar-refractivity contribution in [1.82, 2.24) is 0 Å². The van der Waals surface area contributed by atoms with Crippen molar-refractivity contribution in [1.29, 1.82) is 0 Å². The minimum absolute atomic E-state index is 0.0892. The molecule has 0 saturated carbocycles. The number of aliphatic hydroxyl groups is 1. The van der Waals surface area contributed by atoms with Gasteiger partial charge in [-0.2, -0.15) is 0 Å². The van der Waals surface area contributed by atoms with Crippen LogP contribution in [0, 0.1) is 23.5 Å². The molecule has 1 amide bonds. The van der Waals surface area contributed by atoms with E-state index in [-0.39, 0.29) is 23.4 Å². The molecule has 21 heavy (non-hydrogen) atoms. The van der Waals surface area contributed by atoms with Crippen molar-refractivity contribution < 1.29 is 18.7 Å².